The molecular weight excluding hydrogens is 308 g/mol. The molecule has 24 heavy (non-hydrogen) atoms. The molecule has 0 heterocycles. The van der Waals surface area contributed by atoms with E-state index in [1.54, 1.807) is 36.4 Å². The highest BCUT2D eigenvalue weighted by Gasteiger charge is 2.13. The van der Waals surface area contributed by atoms with Crippen LogP contribution in [0.2, 0.25) is 0 Å². The zero-order valence-corrected chi connectivity index (χ0v) is 12.6. The number of hydrogen-bond acceptors (Lipinski definition) is 3. The van der Waals surface area contributed by atoms with Crippen molar-refractivity contribution < 1.29 is 14.7 Å². The lowest BCUT2D eigenvalue weighted by atomic mass is 10.1. The Morgan fingerprint density at radius 3 is 2.38 bits per heavy atom. The summed E-state index contributed by atoms with van der Waals surface area (Å²) >= 11 is 0. The summed E-state index contributed by atoms with van der Waals surface area (Å²) in [5.74, 6) is -1.96. The van der Waals surface area contributed by atoms with Crippen LogP contribution in [0.15, 0.2) is 65.3 Å². The molecule has 6 N–H and O–H groups in total. The molecule has 7 nitrogen and oxygen atoms in total. The summed E-state index contributed by atoms with van der Waals surface area (Å²) in [6, 6.07) is 15.0. The van der Waals surface area contributed by atoms with E-state index in [4.69, 9.17) is 11.5 Å². The van der Waals surface area contributed by atoms with Crippen molar-refractivity contribution in [3.05, 3.63) is 71.4 Å². The number of amides is 1. The van der Waals surface area contributed by atoms with Crippen LogP contribution in [0.1, 0.15) is 15.9 Å². The number of carbonyl (C=O) groups excluding carboxylic acids is 1. The number of benzene rings is 2. The molecule has 0 spiro atoms. The van der Waals surface area contributed by atoms with Crippen molar-refractivity contribution in [3.8, 4) is 0 Å². The summed E-state index contributed by atoms with van der Waals surface area (Å²) in [6.07, 6.45) is 1.38. The third-order valence-corrected chi connectivity index (χ3v) is 2.96. The van der Waals surface area contributed by atoms with Gasteiger partial charge in [0.05, 0.1) is 5.69 Å². The number of carbonyl (C=O) groups is 2. The first kappa shape index (κ1) is 16.8. The lowest BCUT2D eigenvalue weighted by molar-refractivity contribution is -0.132. The second-order valence-corrected chi connectivity index (χ2v) is 4.81. The summed E-state index contributed by atoms with van der Waals surface area (Å²) in [5, 5.41) is 11.6. The number of hydrogen-bond donors (Lipinski definition) is 4. The van der Waals surface area contributed by atoms with E-state index in [0.29, 0.717) is 11.3 Å². The van der Waals surface area contributed by atoms with Crippen LogP contribution < -0.4 is 16.8 Å². The van der Waals surface area contributed by atoms with Gasteiger partial charge in [-0.2, -0.15) is 0 Å². The molecule has 0 radical (unpaired) electrons. The molecule has 122 valence electrons. The molecule has 0 aliphatic rings. The molecule has 0 fully saturated rings. The molecule has 2 aromatic carbocycles. The second kappa shape index (κ2) is 7.59. The maximum absolute atomic E-state index is 12.3. The number of carboxylic acid groups (broad SMARTS) is 1. The molecule has 0 atom stereocenters. The van der Waals surface area contributed by atoms with Crippen molar-refractivity contribution >= 4 is 29.6 Å². The Morgan fingerprint density at radius 2 is 1.75 bits per heavy atom. The van der Waals surface area contributed by atoms with E-state index in [0.717, 1.165) is 0 Å². The average Bonchev–Trinajstić information content (AvgIpc) is 2.54. The smallest absolute Gasteiger partial charge is 0.352 e. The molecule has 0 aliphatic carbocycles. The van der Waals surface area contributed by atoms with Gasteiger partial charge in [0.1, 0.15) is 5.70 Å². The minimum Gasteiger partial charge on any atom is -0.477 e. The largest absolute Gasteiger partial charge is 0.477 e. The normalized spacial score (nSPS) is 10.8. The number of nitrogens with two attached hydrogens (primary N) is 2. The lowest BCUT2D eigenvalue weighted by Crippen LogP contribution is -2.27. The van der Waals surface area contributed by atoms with Gasteiger partial charge in [0.25, 0.3) is 5.91 Å². The molecule has 2 rings (SSSR count). The Bertz CT molecular complexity index is 810. The Morgan fingerprint density at radius 1 is 1.04 bits per heavy atom. The van der Waals surface area contributed by atoms with Crippen LogP contribution >= 0.6 is 0 Å². The van der Waals surface area contributed by atoms with Crippen LogP contribution in [0.3, 0.4) is 0 Å². The van der Waals surface area contributed by atoms with Gasteiger partial charge in [-0.1, -0.05) is 36.4 Å². The van der Waals surface area contributed by atoms with Gasteiger partial charge in [0, 0.05) is 5.56 Å². The van der Waals surface area contributed by atoms with Gasteiger partial charge < -0.3 is 21.9 Å². The van der Waals surface area contributed by atoms with Crippen molar-refractivity contribution in [2.75, 3.05) is 0 Å². The highest BCUT2D eigenvalue weighted by atomic mass is 16.4. The van der Waals surface area contributed by atoms with Crippen molar-refractivity contribution in [3.63, 3.8) is 0 Å². The Balaban J connectivity index is 2.24. The number of nitrogens with one attached hydrogen (secondary N) is 1. The molecule has 2 aromatic rings. The van der Waals surface area contributed by atoms with Gasteiger partial charge in [-0.15, -0.1) is 0 Å². The van der Waals surface area contributed by atoms with Crippen LogP contribution in [-0.2, 0) is 4.79 Å². The number of nitrogens with zero attached hydrogens (tertiary/aromatic N) is 1. The molecule has 0 aromatic heterocycles. The molecule has 0 unspecified atom stereocenters. The number of guanidine groups is 1. The van der Waals surface area contributed by atoms with Crippen molar-refractivity contribution in [1.29, 1.82) is 0 Å². The molecule has 1 amide bonds. The first-order chi connectivity index (χ1) is 11.5. The number of carboxylic acids is 1. The number of aliphatic carboxylic acids is 1. The van der Waals surface area contributed by atoms with Gasteiger partial charge in [0.15, 0.2) is 5.96 Å². The third kappa shape index (κ3) is 4.70. The first-order valence-corrected chi connectivity index (χ1v) is 6.97. The van der Waals surface area contributed by atoms with Crippen LogP contribution in [0.25, 0.3) is 6.08 Å². The molecule has 0 saturated carbocycles. The maximum atomic E-state index is 12.3. The van der Waals surface area contributed by atoms with E-state index in [1.807, 2.05) is 6.07 Å². The zero-order chi connectivity index (χ0) is 17.5. The van der Waals surface area contributed by atoms with Crippen LogP contribution in [0.4, 0.5) is 5.69 Å². The monoisotopic (exact) mass is 324 g/mol. The standard InChI is InChI=1S/C17H16N4O3/c18-17(19)20-13-8-4-7-12(10-13)15(22)21-14(16(23)24)9-11-5-2-1-3-6-11/h1-10H,(H,21,22)(H,23,24)(H4,18,19,20). The quantitative estimate of drug-likeness (QED) is 0.375. The number of aliphatic imine (C=N–C) groups is 1. The maximum Gasteiger partial charge on any atom is 0.352 e. The highest BCUT2D eigenvalue weighted by molar-refractivity contribution is 6.03. The minimum absolute atomic E-state index is 0.136. The summed E-state index contributed by atoms with van der Waals surface area (Å²) in [5.41, 5.74) is 11.6. The van der Waals surface area contributed by atoms with Gasteiger partial charge in [0.2, 0.25) is 0 Å². The zero-order valence-electron chi connectivity index (χ0n) is 12.6. The predicted molar refractivity (Wildman–Crippen MR) is 91.4 cm³/mol. The predicted octanol–water partition coefficient (Wildman–Crippen LogP) is 1.45. The van der Waals surface area contributed by atoms with Gasteiger partial charge in [-0.25, -0.2) is 9.79 Å². The molecule has 0 bridgehead atoms. The summed E-state index contributed by atoms with van der Waals surface area (Å²) in [6.45, 7) is 0. The van der Waals surface area contributed by atoms with E-state index in [1.165, 1.54) is 18.2 Å². The molecular formula is C17H16N4O3. The van der Waals surface area contributed by atoms with Gasteiger partial charge in [-0.05, 0) is 29.8 Å². The highest BCUT2D eigenvalue weighted by Crippen LogP contribution is 2.14. The van der Waals surface area contributed by atoms with E-state index >= 15 is 0 Å². The van der Waals surface area contributed by atoms with E-state index < -0.39 is 11.9 Å². The van der Waals surface area contributed by atoms with Crippen LogP contribution in [-0.4, -0.2) is 22.9 Å². The van der Waals surface area contributed by atoms with E-state index in [-0.39, 0.29) is 17.2 Å². The van der Waals surface area contributed by atoms with Gasteiger partial charge in [-0.3, -0.25) is 4.79 Å². The first-order valence-electron chi connectivity index (χ1n) is 6.97. The van der Waals surface area contributed by atoms with Crippen LogP contribution in [0.5, 0.6) is 0 Å². The summed E-state index contributed by atoms with van der Waals surface area (Å²) < 4.78 is 0. The van der Waals surface area contributed by atoms with Gasteiger partial charge >= 0.3 is 5.97 Å². The molecule has 0 aliphatic heterocycles. The molecule has 0 saturated heterocycles. The van der Waals surface area contributed by atoms with Crippen molar-refractivity contribution in [2.24, 2.45) is 16.5 Å². The fraction of sp³-hybridized carbons (Fsp3) is 0. The fourth-order valence-corrected chi connectivity index (χ4v) is 1.93. The number of rotatable bonds is 5. The van der Waals surface area contributed by atoms with Crippen LogP contribution in [0, 0.1) is 0 Å². The fourth-order valence-electron chi connectivity index (χ4n) is 1.93. The Hall–Kier alpha value is -3.61. The Kier molecular flexibility index (Phi) is 5.30. The lowest BCUT2D eigenvalue weighted by Gasteiger charge is -2.07. The van der Waals surface area contributed by atoms with E-state index in [2.05, 4.69) is 10.3 Å². The average molecular weight is 324 g/mol. The summed E-state index contributed by atoms with van der Waals surface area (Å²) in [7, 11) is 0. The molecule has 7 heteroatoms. The second-order valence-electron chi connectivity index (χ2n) is 4.81. The minimum atomic E-state index is -1.24. The Labute approximate surface area is 138 Å². The van der Waals surface area contributed by atoms with Crippen molar-refractivity contribution in [1.82, 2.24) is 5.32 Å². The van der Waals surface area contributed by atoms with E-state index in [9.17, 15) is 14.7 Å². The topological polar surface area (TPSA) is 131 Å². The third-order valence-electron chi connectivity index (χ3n) is 2.96. The van der Waals surface area contributed by atoms with Crippen molar-refractivity contribution in [2.45, 2.75) is 0 Å². The summed E-state index contributed by atoms with van der Waals surface area (Å²) in [4.78, 5) is 27.5. The SMILES string of the molecule is NC(N)=Nc1cccc(C(=O)NC(=Cc2ccccc2)C(=O)O)c1.